The van der Waals surface area contributed by atoms with Crippen molar-refractivity contribution in [2.45, 2.75) is 39.7 Å². The fraction of sp³-hybridized carbons (Fsp3) is 0.400. The summed E-state index contributed by atoms with van der Waals surface area (Å²) in [5.41, 5.74) is 3.14. The second-order valence-electron chi connectivity index (χ2n) is 4.64. The molecule has 4 heteroatoms. The molecule has 19 heavy (non-hydrogen) atoms. The van der Waals surface area contributed by atoms with Crippen LogP contribution in [0, 0.1) is 11.3 Å². The number of carbonyl (C=O) groups is 1. The smallest absolute Gasteiger partial charge is 0.131 e. The molecule has 0 aliphatic carbocycles. The Morgan fingerprint density at radius 2 is 2.26 bits per heavy atom. The maximum atomic E-state index is 11.1. The summed E-state index contributed by atoms with van der Waals surface area (Å²) in [6, 6.07) is 8.29. The van der Waals surface area contributed by atoms with E-state index in [4.69, 9.17) is 5.26 Å². The van der Waals surface area contributed by atoms with E-state index >= 15 is 0 Å². The number of carbonyl (C=O) groups excluding carboxylic acids is 1. The standard InChI is InChI=1S/C15H17N3O/c1-3-12-4-5-14-13(10-12)17-15(6-8-16)18(14)9-7-11(2)19/h4-5,10H,3,6-7,9H2,1-2H3. The molecule has 98 valence electrons. The van der Waals surface area contributed by atoms with Gasteiger partial charge in [-0.25, -0.2) is 4.98 Å². The molecule has 1 aromatic heterocycles. The molecule has 0 aliphatic heterocycles. The molecule has 0 radical (unpaired) electrons. The molecule has 0 saturated heterocycles. The van der Waals surface area contributed by atoms with Gasteiger partial charge in [0.05, 0.1) is 23.5 Å². The normalized spacial score (nSPS) is 10.6. The van der Waals surface area contributed by atoms with Crippen molar-refractivity contribution in [3.05, 3.63) is 29.6 Å². The van der Waals surface area contributed by atoms with Crippen LogP contribution in [0.1, 0.15) is 31.7 Å². The molecule has 0 fully saturated rings. The number of ketones is 1. The van der Waals surface area contributed by atoms with Crippen LogP contribution in [-0.2, 0) is 24.2 Å². The van der Waals surface area contributed by atoms with E-state index in [1.807, 2.05) is 10.6 Å². The van der Waals surface area contributed by atoms with Gasteiger partial charge >= 0.3 is 0 Å². The first-order valence-corrected chi connectivity index (χ1v) is 6.50. The predicted molar refractivity (Wildman–Crippen MR) is 73.7 cm³/mol. The van der Waals surface area contributed by atoms with Crippen LogP contribution in [-0.4, -0.2) is 15.3 Å². The lowest BCUT2D eigenvalue weighted by molar-refractivity contribution is -0.117. The van der Waals surface area contributed by atoms with E-state index < -0.39 is 0 Å². The average Bonchev–Trinajstić information content (AvgIpc) is 2.73. The van der Waals surface area contributed by atoms with Crippen LogP contribution in [0.25, 0.3) is 11.0 Å². The van der Waals surface area contributed by atoms with E-state index in [0.29, 0.717) is 13.0 Å². The van der Waals surface area contributed by atoms with Gasteiger partial charge < -0.3 is 4.57 Å². The molecule has 0 N–H and O–H groups in total. The van der Waals surface area contributed by atoms with Crippen LogP contribution in [0.15, 0.2) is 18.2 Å². The van der Waals surface area contributed by atoms with Crippen molar-refractivity contribution in [1.82, 2.24) is 9.55 Å². The van der Waals surface area contributed by atoms with Gasteiger partial charge in [-0.2, -0.15) is 5.26 Å². The van der Waals surface area contributed by atoms with E-state index in [9.17, 15) is 4.79 Å². The molecule has 2 aromatic rings. The summed E-state index contributed by atoms with van der Waals surface area (Å²) in [5, 5.41) is 8.88. The number of hydrogen-bond acceptors (Lipinski definition) is 3. The van der Waals surface area contributed by atoms with Gasteiger partial charge in [0, 0.05) is 13.0 Å². The molecule has 2 rings (SSSR count). The van der Waals surface area contributed by atoms with Gasteiger partial charge in [-0.05, 0) is 31.0 Å². The number of aryl methyl sites for hydroxylation is 2. The molecule has 0 aliphatic rings. The molecule has 1 aromatic carbocycles. The third kappa shape index (κ3) is 2.82. The quantitative estimate of drug-likeness (QED) is 0.825. The first kappa shape index (κ1) is 13.3. The Morgan fingerprint density at radius 1 is 1.47 bits per heavy atom. The first-order valence-electron chi connectivity index (χ1n) is 6.50. The topological polar surface area (TPSA) is 58.7 Å². The molecule has 0 amide bonds. The number of nitrogens with zero attached hydrogens (tertiary/aromatic N) is 3. The summed E-state index contributed by atoms with van der Waals surface area (Å²) in [5.74, 6) is 0.891. The summed E-state index contributed by atoms with van der Waals surface area (Å²) in [4.78, 5) is 15.7. The highest BCUT2D eigenvalue weighted by Gasteiger charge is 2.11. The summed E-state index contributed by atoms with van der Waals surface area (Å²) in [6.45, 7) is 4.27. The van der Waals surface area contributed by atoms with Gasteiger partial charge in [0.1, 0.15) is 11.6 Å². The monoisotopic (exact) mass is 255 g/mol. The van der Waals surface area contributed by atoms with Gasteiger partial charge in [0.25, 0.3) is 0 Å². The number of Topliss-reactive ketones (excluding diaryl/α,β-unsaturated/α-hetero) is 1. The highest BCUT2D eigenvalue weighted by molar-refractivity contribution is 5.78. The highest BCUT2D eigenvalue weighted by atomic mass is 16.1. The lowest BCUT2D eigenvalue weighted by atomic mass is 10.1. The second kappa shape index (κ2) is 5.66. The number of imidazole rings is 1. The molecule has 0 saturated carbocycles. The summed E-state index contributed by atoms with van der Waals surface area (Å²) in [6.07, 6.45) is 1.71. The molecular weight excluding hydrogens is 238 g/mol. The number of benzene rings is 1. The molecule has 0 bridgehead atoms. The Hall–Kier alpha value is -2.15. The van der Waals surface area contributed by atoms with Gasteiger partial charge in [0.2, 0.25) is 0 Å². The minimum Gasteiger partial charge on any atom is -0.327 e. The summed E-state index contributed by atoms with van der Waals surface area (Å²) < 4.78 is 1.99. The predicted octanol–water partition coefficient (Wildman–Crippen LogP) is 2.64. The molecule has 4 nitrogen and oxygen atoms in total. The first-order chi connectivity index (χ1) is 9.15. The van der Waals surface area contributed by atoms with Gasteiger partial charge in [0.15, 0.2) is 0 Å². The highest BCUT2D eigenvalue weighted by Crippen LogP contribution is 2.19. The number of rotatable bonds is 5. The summed E-state index contributed by atoms with van der Waals surface area (Å²) in [7, 11) is 0. The third-order valence-corrected chi connectivity index (χ3v) is 3.22. The van der Waals surface area contributed by atoms with Crippen molar-refractivity contribution < 1.29 is 4.79 Å². The van der Waals surface area contributed by atoms with E-state index in [1.165, 1.54) is 5.56 Å². The SMILES string of the molecule is CCc1ccc2c(c1)nc(CC#N)n2CCC(C)=O. The lowest BCUT2D eigenvalue weighted by Crippen LogP contribution is -2.06. The molecule has 0 unspecified atom stereocenters. The Morgan fingerprint density at radius 3 is 2.89 bits per heavy atom. The van der Waals surface area contributed by atoms with E-state index in [-0.39, 0.29) is 12.2 Å². The molecule has 1 heterocycles. The van der Waals surface area contributed by atoms with Crippen LogP contribution in [0.4, 0.5) is 0 Å². The fourth-order valence-electron chi connectivity index (χ4n) is 2.17. The Labute approximate surface area is 112 Å². The Bertz CT molecular complexity index is 649. The van der Waals surface area contributed by atoms with Crippen LogP contribution in [0.5, 0.6) is 0 Å². The second-order valence-corrected chi connectivity index (χ2v) is 4.64. The molecular formula is C15H17N3O. The maximum absolute atomic E-state index is 11.1. The fourth-order valence-corrected chi connectivity index (χ4v) is 2.17. The third-order valence-electron chi connectivity index (χ3n) is 3.22. The van der Waals surface area contributed by atoms with Crippen molar-refractivity contribution in [1.29, 1.82) is 5.26 Å². The van der Waals surface area contributed by atoms with E-state index in [0.717, 1.165) is 23.3 Å². The van der Waals surface area contributed by atoms with Gasteiger partial charge in [-0.3, -0.25) is 4.79 Å². The zero-order valence-corrected chi connectivity index (χ0v) is 11.3. The van der Waals surface area contributed by atoms with Crippen LogP contribution in [0.3, 0.4) is 0 Å². The van der Waals surface area contributed by atoms with Crippen molar-refractivity contribution in [3.8, 4) is 6.07 Å². The number of aromatic nitrogens is 2. The number of hydrogen-bond donors (Lipinski definition) is 0. The van der Waals surface area contributed by atoms with Crippen molar-refractivity contribution in [2.24, 2.45) is 0 Å². The van der Waals surface area contributed by atoms with Crippen LogP contribution >= 0.6 is 0 Å². The molecule has 0 atom stereocenters. The zero-order valence-electron chi connectivity index (χ0n) is 11.3. The van der Waals surface area contributed by atoms with Gasteiger partial charge in [-0.15, -0.1) is 0 Å². The number of fused-ring (bicyclic) bond motifs is 1. The van der Waals surface area contributed by atoms with Crippen molar-refractivity contribution >= 4 is 16.8 Å². The maximum Gasteiger partial charge on any atom is 0.131 e. The Balaban J connectivity index is 2.47. The van der Waals surface area contributed by atoms with Crippen molar-refractivity contribution in [2.75, 3.05) is 0 Å². The lowest BCUT2D eigenvalue weighted by Gasteiger charge is -2.06. The van der Waals surface area contributed by atoms with Gasteiger partial charge in [-0.1, -0.05) is 13.0 Å². The molecule has 0 spiro atoms. The van der Waals surface area contributed by atoms with Crippen molar-refractivity contribution in [3.63, 3.8) is 0 Å². The van der Waals surface area contributed by atoms with E-state index in [1.54, 1.807) is 6.92 Å². The Kier molecular flexibility index (Phi) is 3.96. The van der Waals surface area contributed by atoms with Crippen LogP contribution < -0.4 is 0 Å². The van der Waals surface area contributed by atoms with E-state index in [2.05, 4.69) is 30.1 Å². The summed E-state index contributed by atoms with van der Waals surface area (Å²) >= 11 is 0. The average molecular weight is 255 g/mol. The minimum atomic E-state index is 0.148. The largest absolute Gasteiger partial charge is 0.327 e. The number of nitriles is 1. The van der Waals surface area contributed by atoms with Crippen LogP contribution in [0.2, 0.25) is 0 Å². The zero-order chi connectivity index (χ0) is 13.8. The minimum absolute atomic E-state index is 0.148.